The van der Waals surface area contributed by atoms with Crippen molar-refractivity contribution >= 4 is 84.2 Å². The van der Waals surface area contributed by atoms with E-state index in [2.05, 4.69) is 223 Å². The van der Waals surface area contributed by atoms with E-state index in [9.17, 15) is 0 Å². The lowest BCUT2D eigenvalue weighted by atomic mass is 9.93. The Balaban J connectivity index is 1.28. The van der Waals surface area contributed by atoms with Crippen LogP contribution in [-0.4, -0.2) is 0 Å². The molecule has 0 unspecified atom stereocenters. The number of para-hydroxylation sites is 4. The molecule has 0 aliphatic rings. The van der Waals surface area contributed by atoms with Crippen LogP contribution in [0.25, 0.3) is 55.8 Å². The quantitative estimate of drug-likeness (QED) is 0.145. The standard InChI is InChI=1S/C60H52N2O2/c1-9-15-44-30-32-49-50(62(54-35-38(3)25-27-40(54)5)52-22-14-20-48-47-19-12-17-42(7)58(47)64-60(48)52)33-31-45-28-29-46(56(44)57(45)49)36-61(53-34-37(2)24-26-39(53)4)51-21-13-18-43(8)59(51)63-55-23-11-10-16-41(55)6/h9-36H,1-8H3/b15-9-,46-36+. The van der Waals surface area contributed by atoms with Gasteiger partial charge in [-0.2, -0.15) is 0 Å². The van der Waals surface area contributed by atoms with Gasteiger partial charge in [0.1, 0.15) is 11.3 Å². The van der Waals surface area contributed by atoms with Crippen LogP contribution in [-0.2, 0) is 0 Å². The van der Waals surface area contributed by atoms with Crippen molar-refractivity contribution < 1.29 is 9.15 Å². The lowest BCUT2D eigenvalue weighted by Crippen LogP contribution is -2.18. The maximum Gasteiger partial charge on any atom is 0.159 e. The Kier molecular flexibility index (Phi) is 10.3. The first kappa shape index (κ1) is 40.5. The predicted molar refractivity (Wildman–Crippen MR) is 273 cm³/mol. The summed E-state index contributed by atoms with van der Waals surface area (Å²) < 4.78 is 13.8. The summed E-state index contributed by atoms with van der Waals surface area (Å²) in [6, 6.07) is 54.7. The molecule has 10 rings (SSSR count). The van der Waals surface area contributed by atoms with Gasteiger partial charge in [-0.05, 0) is 158 Å². The smallest absolute Gasteiger partial charge is 0.159 e. The zero-order valence-corrected chi connectivity index (χ0v) is 37.9. The molecular formula is C60H52N2O2. The molecule has 0 radical (unpaired) electrons. The first-order valence-corrected chi connectivity index (χ1v) is 22.2. The average molecular weight is 833 g/mol. The molecule has 0 atom stereocenters. The summed E-state index contributed by atoms with van der Waals surface area (Å²) in [5.74, 6) is 1.66. The maximum atomic E-state index is 6.90. The molecule has 4 nitrogen and oxygen atoms in total. The molecule has 314 valence electrons. The predicted octanol–water partition coefficient (Wildman–Crippen LogP) is 16.6. The van der Waals surface area contributed by atoms with E-state index in [1.165, 1.54) is 38.4 Å². The molecule has 1 heterocycles. The Labute approximate surface area is 375 Å². The van der Waals surface area contributed by atoms with E-state index < -0.39 is 0 Å². The van der Waals surface area contributed by atoms with E-state index in [-0.39, 0.29) is 0 Å². The van der Waals surface area contributed by atoms with Crippen molar-refractivity contribution in [2.24, 2.45) is 0 Å². The van der Waals surface area contributed by atoms with Crippen molar-refractivity contribution in [2.45, 2.75) is 55.4 Å². The molecular weight excluding hydrogens is 781 g/mol. The van der Waals surface area contributed by atoms with Crippen LogP contribution in [0.4, 0.5) is 28.4 Å². The minimum Gasteiger partial charge on any atom is -0.455 e. The fraction of sp³-hybridized carbons (Fsp3) is 0.133. The molecule has 0 saturated carbocycles. The molecule has 10 aromatic rings. The van der Waals surface area contributed by atoms with E-state index in [0.717, 1.165) is 94.7 Å². The van der Waals surface area contributed by atoms with Crippen molar-refractivity contribution in [1.29, 1.82) is 0 Å². The molecule has 0 aliphatic carbocycles. The first-order chi connectivity index (χ1) is 31.1. The van der Waals surface area contributed by atoms with Crippen molar-refractivity contribution in [3.05, 3.63) is 207 Å². The van der Waals surface area contributed by atoms with Gasteiger partial charge >= 0.3 is 0 Å². The summed E-state index contributed by atoms with van der Waals surface area (Å²) in [6.07, 6.45) is 6.69. The second-order valence-corrected chi connectivity index (χ2v) is 17.3. The number of fused-ring (bicyclic) bond motifs is 3. The zero-order valence-electron chi connectivity index (χ0n) is 37.9. The number of furan rings is 1. The molecule has 64 heavy (non-hydrogen) atoms. The van der Waals surface area contributed by atoms with Crippen LogP contribution in [0.1, 0.15) is 51.4 Å². The second kappa shape index (κ2) is 16.3. The van der Waals surface area contributed by atoms with Gasteiger partial charge in [-0.25, -0.2) is 0 Å². The number of rotatable bonds is 9. The largest absolute Gasteiger partial charge is 0.455 e. The van der Waals surface area contributed by atoms with E-state index in [1.54, 1.807) is 0 Å². The number of anilines is 5. The lowest BCUT2D eigenvalue weighted by molar-refractivity contribution is 0.476. The van der Waals surface area contributed by atoms with Crippen LogP contribution < -0.4 is 19.8 Å². The number of hydrogen-bond acceptors (Lipinski definition) is 4. The summed E-state index contributed by atoms with van der Waals surface area (Å²) >= 11 is 0. The van der Waals surface area contributed by atoms with E-state index in [1.807, 2.05) is 12.1 Å². The van der Waals surface area contributed by atoms with Crippen LogP contribution in [0.2, 0.25) is 0 Å². The zero-order chi connectivity index (χ0) is 44.2. The Morgan fingerprint density at radius 3 is 1.91 bits per heavy atom. The van der Waals surface area contributed by atoms with Crippen molar-refractivity contribution in [3.63, 3.8) is 0 Å². The van der Waals surface area contributed by atoms with Gasteiger partial charge in [-0.1, -0.05) is 127 Å². The summed E-state index contributed by atoms with van der Waals surface area (Å²) in [7, 11) is 0. The molecule has 0 bridgehead atoms. The van der Waals surface area contributed by atoms with Gasteiger partial charge < -0.3 is 19.0 Å². The van der Waals surface area contributed by atoms with E-state index in [4.69, 9.17) is 9.15 Å². The second-order valence-electron chi connectivity index (χ2n) is 17.3. The van der Waals surface area contributed by atoms with Crippen molar-refractivity contribution in [2.75, 3.05) is 9.80 Å². The molecule has 4 heteroatoms. The Hall–Kier alpha value is -7.56. The minimum atomic E-state index is 0.822. The van der Waals surface area contributed by atoms with Gasteiger partial charge in [-0.3, -0.25) is 0 Å². The first-order valence-electron chi connectivity index (χ1n) is 22.2. The molecule has 0 amide bonds. The average Bonchev–Trinajstić information content (AvgIpc) is 3.69. The molecule has 1 aromatic heterocycles. The highest BCUT2D eigenvalue weighted by atomic mass is 16.5. The molecule has 0 fully saturated rings. The number of nitrogens with zero attached hydrogens (tertiary/aromatic N) is 2. The molecule has 0 saturated heterocycles. The van der Waals surface area contributed by atoms with E-state index in [0.29, 0.717) is 0 Å². The highest BCUT2D eigenvalue weighted by Crippen LogP contribution is 2.47. The Morgan fingerprint density at radius 2 is 1.12 bits per heavy atom. The topological polar surface area (TPSA) is 28.9 Å². The summed E-state index contributed by atoms with van der Waals surface area (Å²) in [5.41, 5.74) is 16.2. The highest BCUT2D eigenvalue weighted by molar-refractivity contribution is 6.19. The fourth-order valence-corrected chi connectivity index (χ4v) is 9.41. The lowest BCUT2D eigenvalue weighted by Gasteiger charge is -2.29. The molecule has 0 aliphatic heterocycles. The van der Waals surface area contributed by atoms with Gasteiger partial charge in [0.15, 0.2) is 11.3 Å². The number of allylic oxidation sites excluding steroid dienone is 1. The number of ether oxygens (including phenoxy) is 1. The van der Waals surface area contributed by atoms with Gasteiger partial charge in [0.05, 0.1) is 17.1 Å². The van der Waals surface area contributed by atoms with Crippen LogP contribution in [0.15, 0.2) is 162 Å². The Morgan fingerprint density at radius 1 is 0.469 bits per heavy atom. The fourth-order valence-electron chi connectivity index (χ4n) is 9.41. The van der Waals surface area contributed by atoms with Gasteiger partial charge in [0, 0.05) is 33.7 Å². The van der Waals surface area contributed by atoms with Gasteiger partial charge in [0.25, 0.3) is 0 Å². The summed E-state index contributed by atoms with van der Waals surface area (Å²) in [5, 5.41) is 8.03. The Bertz CT molecular complexity index is 3540. The molecule has 0 N–H and O–H groups in total. The van der Waals surface area contributed by atoms with Crippen LogP contribution >= 0.6 is 0 Å². The summed E-state index contributed by atoms with van der Waals surface area (Å²) in [4.78, 5) is 4.76. The van der Waals surface area contributed by atoms with Crippen molar-refractivity contribution in [3.8, 4) is 11.5 Å². The molecule has 0 spiro atoms. The minimum absolute atomic E-state index is 0.822. The van der Waals surface area contributed by atoms with E-state index >= 15 is 0 Å². The third kappa shape index (κ3) is 6.96. The van der Waals surface area contributed by atoms with Gasteiger partial charge in [-0.15, -0.1) is 0 Å². The number of benzene rings is 9. The SMILES string of the molecule is C/C=C\c1ccc2c(N(c3cc(C)ccc3C)c3cccc4c3oc3c(C)cccc34)ccc3cc/c(=C\N(c4cc(C)ccc4C)c4cccc(C)c4Oc4ccccc4C)c1c32. The highest BCUT2D eigenvalue weighted by Gasteiger charge is 2.25. The monoisotopic (exact) mass is 832 g/mol. The summed E-state index contributed by atoms with van der Waals surface area (Å²) in [6.45, 7) is 17.2. The van der Waals surface area contributed by atoms with Crippen LogP contribution in [0.5, 0.6) is 11.5 Å². The number of aryl methyl sites for hydroxylation is 7. The van der Waals surface area contributed by atoms with Gasteiger partial charge in [0.2, 0.25) is 0 Å². The van der Waals surface area contributed by atoms with Crippen LogP contribution in [0.3, 0.4) is 0 Å². The van der Waals surface area contributed by atoms with Crippen LogP contribution in [0, 0.1) is 48.5 Å². The third-order valence-corrected chi connectivity index (χ3v) is 12.7. The number of hydrogen-bond donors (Lipinski definition) is 0. The normalized spacial score (nSPS) is 12.1. The van der Waals surface area contributed by atoms with Crippen molar-refractivity contribution in [1.82, 2.24) is 0 Å². The molecule has 9 aromatic carbocycles. The third-order valence-electron chi connectivity index (χ3n) is 12.7. The maximum absolute atomic E-state index is 6.90.